The molecule has 5 rings (SSSR count). The Hall–Kier alpha value is -0.413. The topological polar surface area (TPSA) is 0 Å². The van der Waals surface area contributed by atoms with Gasteiger partial charge in [0, 0.05) is 0 Å². The smallest absolute Gasteiger partial charge is 1.00 e. The van der Waals surface area contributed by atoms with Gasteiger partial charge >= 0.3 is 185 Å². The molecule has 0 radical (unpaired) electrons. The first-order valence-electron chi connectivity index (χ1n) is 11.2. The first-order valence-corrected chi connectivity index (χ1v) is 22.6. The van der Waals surface area contributed by atoms with Crippen LogP contribution in [0.25, 0.3) is 12.2 Å². The minimum Gasteiger partial charge on any atom is -1.00 e. The molecule has 2 aromatic carbocycles. The fraction of sp³-hybridized carbons (Fsp3) is 0.407. The molecule has 31 heavy (non-hydrogen) atoms. The van der Waals surface area contributed by atoms with Gasteiger partial charge in [-0.1, -0.05) is 0 Å². The summed E-state index contributed by atoms with van der Waals surface area (Å²) in [6.45, 7) is 14.3. The second-order valence-electron chi connectivity index (χ2n) is 9.61. The zero-order chi connectivity index (χ0) is 20.4. The molecule has 0 aromatic heterocycles. The molecule has 0 saturated carbocycles. The van der Waals surface area contributed by atoms with Crippen LogP contribution in [0.2, 0.25) is 12.1 Å². The van der Waals surface area contributed by atoms with E-state index in [1.54, 1.807) is 56.6 Å². The summed E-state index contributed by atoms with van der Waals surface area (Å²) in [5.41, 5.74) is 16.0. The monoisotopic (exact) mass is 634 g/mol. The van der Waals surface area contributed by atoms with Crippen LogP contribution in [0.4, 0.5) is 0 Å². The summed E-state index contributed by atoms with van der Waals surface area (Å²) in [7, 11) is 0. The number of halogens is 2. The van der Waals surface area contributed by atoms with Crippen molar-refractivity contribution in [2.24, 2.45) is 0 Å². The maximum Gasteiger partial charge on any atom is -1.00 e. The van der Waals surface area contributed by atoms with E-state index >= 15 is 0 Å². The van der Waals surface area contributed by atoms with Gasteiger partial charge in [-0.25, -0.2) is 0 Å². The quantitative estimate of drug-likeness (QED) is 0.441. The van der Waals surface area contributed by atoms with Crippen LogP contribution < -0.4 is 24.8 Å². The second kappa shape index (κ2) is 9.45. The van der Waals surface area contributed by atoms with E-state index in [1.165, 1.54) is 17.5 Å². The Bertz CT molecular complexity index is 1070. The van der Waals surface area contributed by atoms with Crippen molar-refractivity contribution >= 4 is 17.6 Å². The van der Waals surface area contributed by atoms with E-state index in [2.05, 4.69) is 78.0 Å². The number of aryl methyl sites for hydroxylation is 4. The van der Waals surface area contributed by atoms with Gasteiger partial charge in [0.05, 0.1) is 0 Å². The van der Waals surface area contributed by atoms with Gasteiger partial charge in [-0.15, -0.1) is 0 Å². The van der Waals surface area contributed by atoms with Gasteiger partial charge in [-0.3, -0.25) is 0 Å². The number of hydrogen-bond acceptors (Lipinski definition) is 0. The molecule has 0 spiro atoms. The minimum atomic E-state index is -2.05. The van der Waals surface area contributed by atoms with Crippen molar-refractivity contribution in [2.45, 2.75) is 67.4 Å². The first-order chi connectivity index (χ1) is 13.9. The van der Waals surface area contributed by atoms with E-state index in [0.717, 1.165) is 7.35 Å². The zero-order valence-electron chi connectivity index (χ0n) is 19.5. The van der Waals surface area contributed by atoms with Crippen LogP contribution in [0.5, 0.6) is 0 Å². The number of fused-ring (bicyclic) bond motifs is 2. The fourth-order valence-corrected chi connectivity index (χ4v) is 43.3. The van der Waals surface area contributed by atoms with Crippen LogP contribution in [0.3, 0.4) is 0 Å². The molecule has 0 N–H and O–H groups in total. The molecule has 4 heteroatoms. The van der Waals surface area contributed by atoms with Gasteiger partial charge in [-0.05, 0) is 0 Å². The zero-order valence-corrected chi connectivity index (χ0v) is 25.6. The molecule has 2 aromatic rings. The van der Waals surface area contributed by atoms with E-state index in [9.17, 15) is 0 Å². The number of hydrogen-bond donors (Lipinski definition) is 0. The maximum absolute atomic E-state index is 2.58. The molecule has 1 aliphatic heterocycles. The predicted octanol–water partition coefficient (Wildman–Crippen LogP) is 1.56. The normalized spacial score (nSPS) is 20.4. The van der Waals surface area contributed by atoms with Gasteiger partial charge in [0.25, 0.3) is 0 Å². The van der Waals surface area contributed by atoms with Crippen molar-refractivity contribution in [3.8, 4) is 0 Å². The summed E-state index contributed by atoms with van der Waals surface area (Å²) >= 11 is -2.05. The van der Waals surface area contributed by atoms with Gasteiger partial charge < -0.3 is 24.8 Å². The average Bonchev–Trinajstić information content (AvgIpc) is 3.17. The molecule has 0 bridgehead atoms. The molecule has 1 heterocycles. The third-order valence-corrected chi connectivity index (χ3v) is 39.1. The molecular formula is C27H32Cl2HfSi. The third kappa shape index (κ3) is 3.94. The standard InChI is InChI=1S/2C12H13.C3H6Si.2ClH.Hf/c2*1-8-6-11-9(2)4-5-10(3)12(11)7-8;1-2-4-3-1;;;/h2*4-7H,1-3H3;1-3H2;2*1H;/q;;;;;+2/p-2. The van der Waals surface area contributed by atoms with Crippen molar-refractivity contribution in [3.63, 3.8) is 0 Å². The Morgan fingerprint density at radius 2 is 1.03 bits per heavy atom. The van der Waals surface area contributed by atoms with E-state index in [1.807, 2.05) is 0 Å². The summed E-state index contributed by atoms with van der Waals surface area (Å²) in [5.74, 6) is 0. The third-order valence-electron chi connectivity index (χ3n) is 7.67. The molecule has 2 unspecified atom stereocenters. The predicted molar refractivity (Wildman–Crippen MR) is 125 cm³/mol. The van der Waals surface area contributed by atoms with E-state index < -0.39 is 20.1 Å². The van der Waals surface area contributed by atoms with E-state index in [4.69, 9.17) is 0 Å². The number of benzene rings is 2. The van der Waals surface area contributed by atoms with Gasteiger partial charge in [0.1, 0.15) is 0 Å². The van der Waals surface area contributed by atoms with Crippen molar-refractivity contribution in [1.82, 2.24) is 0 Å². The molecular weight excluding hydrogens is 602 g/mol. The Morgan fingerprint density at radius 1 is 0.645 bits per heavy atom. The molecule has 162 valence electrons. The van der Waals surface area contributed by atoms with Crippen molar-refractivity contribution in [2.75, 3.05) is 0 Å². The molecule has 0 amide bonds. The SMILES string of the molecule is CC1=Cc2c(C)ccc(C)c2[CH]1[Hf+2]([CH]1C(C)=Cc2c(C)ccc(C)c21)=[Si]1CCC1.[Cl-].[Cl-]. The van der Waals surface area contributed by atoms with Crippen LogP contribution in [0.15, 0.2) is 35.4 Å². The molecule has 3 aliphatic rings. The van der Waals surface area contributed by atoms with Gasteiger partial charge in [0.2, 0.25) is 0 Å². The summed E-state index contributed by atoms with van der Waals surface area (Å²) in [4.78, 5) is 0. The number of rotatable bonds is 2. The molecule has 0 nitrogen and oxygen atoms in total. The van der Waals surface area contributed by atoms with Crippen molar-refractivity contribution < 1.29 is 44.9 Å². The largest absolute Gasteiger partial charge is 1.00 e. The average molecular weight is 634 g/mol. The first kappa shape index (κ1) is 25.2. The Labute approximate surface area is 208 Å². The van der Waals surface area contributed by atoms with Crippen LogP contribution in [-0.4, -0.2) is 5.49 Å². The van der Waals surface area contributed by atoms with Gasteiger partial charge in [-0.2, -0.15) is 0 Å². The summed E-state index contributed by atoms with van der Waals surface area (Å²) in [6, 6.07) is 12.7. The molecule has 2 aliphatic carbocycles. The van der Waals surface area contributed by atoms with Crippen LogP contribution in [0.1, 0.15) is 72.1 Å². The molecule has 2 atom stereocenters. The van der Waals surface area contributed by atoms with E-state index in [-0.39, 0.29) is 30.3 Å². The van der Waals surface area contributed by atoms with Gasteiger partial charge in [0.15, 0.2) is 0 Å². The summed E-state index contributed by atoms with van der Waals surface area (Å²) < 4.78 is 1.65. The Morgan fingerprint density at radius 3 is 1.39 bits per heavy atom. The van der Waals surface area contributed by atoms with Crippen LogP contribution in [-0.2, 0) is 20.1 Å². The number of allylic oxidation sites excluding steroid dienone is 2. The van der Waals surface area contributed by atoms with Crippen molar-refractivity contribution in [3.05, 3.63) is 79.9 Å². The fourth-order valence-electron chi connectivity index (χ4n) is 5.95. The Kier molecular flexibility index (Phi) is 7.69. The van der Waals surface area contributed by atoms with E-state index in [0.29, 0.717) is 0 Å². The summed E-state index contributed by atoms with van der Waals surface area (Å²) in [6.07, 6.45) is 6.66. The van der Waals surface area contributed by atoms with Crippen LogP contribution >= 0.6 is 0 Å². The maximum atomic E-state index is 2.58. The Balaban J connectivity index is 0.00000136. The molecule has 1 fully saturated rings. The second-order valence-corrected chi connectivity index (χ2v) is 31.6. The van der Waals surface area contributed by atoms with Crippen LogP contribution in [0, 0.1) is 27.7 Å². The molecule has 1 saturated heterocycles. The van der Waals surface area contributed by atoms with Crippen molar-refractivity contribution in [1.29, 1.82) is 0 Å². The minimum absolute atomic E-state index is 0. The summed E-state index contributed by atoms with van der Waals surface area (Å²) in [5, 5.41) is 0.